The number of rotatable bonds is 4. The van der Waals surface area contributed by atoms with Crippen LogP contribution in [-0.4, -0.2) is 20.2 Å². The molecule has 0 aliphatic heterocycles. The Kier molecular flexibility index (Phi) is 4.49. The molecule has 0 radical (unpaired) electrons. The van der Waals surface area contributed by atoms with Crippen molar-refractivity contribution in [2.45, 2.75) is 20.0 Å². The Morgan fingerprint density at radius 1 is 1.08 bits per heavy atom. The number of nitrogens with one attached hydrogen (secondary N) is 3. The lowest BCUT2D eigenvalue weighted by molar-refractivity contribution is -0.137. The van der Waals surface area contributed by atoms with Gasteiger partial charge in [-0.3, -0.25) is 5.10 Å². The lowest BCUT2D eigenvalue weighted by atomic mass is 10.2. The number of halogens is 4. The van der Waals surface area contributed by atoms with E-state index < -0.39 is 23.4 Å². The number of hydrogen-bond acceptors (Lipinski definition) is 5. The second kappa shape index (κ2) is 6.62. The zero-order valence-corrected chi connectivity index (χ0v) is 13.7. The van der Waals surface area contributed by atoms with Crippen molar-refractivity contribution < 1.29 is 17.6 Å². The zero-order valence-electron chi connectivity index (χ0n) is 13.7. The van der Waals surface area contributed by atoms with Crippen LogP contribution in [0.4, 0.5) is 40.8 Å². The van der Waals surface area contributed by atoms with E-state index in [0.29, 0.717) is 11.9 Å². The summed E-state index contributed by atoms with van der Waals surface area (Å²) in [6.07, 6.45) is -4.04. The third kappa shape index (κ3) is 3.90. The van der Waals surface area contributed by atoms with Crippen LogP contribution in [-0.2, 0) is 6.18 Å². The number of anilines is 4. The van der Waals surface area contributed by atoms with Crippen molar-refractivity contribution in [3.05, 3.63) is 53.1 Å². The monoisotopic (exact) mass is 366 g/mol. The van der Waals surface area contributed by atoms with Gasteiger partial charge in [-0.05, 0) is 31.5 Å². The zero-order chi connectivity index (χ0) is 18.9. The van der Waals surface area contributed by atoms with Crippen LogP contribution in [0.15, 0.2) is 30.5 Å². The van der Waals surface area contributed by atoms with Gasteiger partial charge in [-0.2, -0.15) is 23.3 Å². The summed E-state index contributed by atoms with van der Waals surface area (Å²) >= 11 is 0. The van der Waals surface area contributed by atoms with Crippen LogP contribution in [0.25, 0.3) is 0 Å². The number of nitrogens with zero attached hydrogens (tertiary/aromatic N) is 3. The molecule has 0 aliphatic rings. The SMILES string of the molecule is Cc1ccc(F)c(Nc2ncc(C(F)(F)F)c(Nc3cc(C)[nH]n3)n2)c1. The molecule has 1 aromatic carbocycles. The minimum atomic E-state index is -4.67. The van der Waals surface area contributed by atoms with Gasteiger partial charge in [-0.15, -0.1) is 0 Å². The fraction of sp³-hybridized carbons (Fsp3) is 0.188. The van der Waals surface area contributed by atoms with E-state index in [1.54, 1.807) is 19.9 Å². The molecule has 2 aromatic heterocycles. The third-order valence-corrected chi connectivity index (χ3v) is 3.41. The molecule has 26 heavy (non-hydrogen) atoms. The van der Waals surface area contributed by atoms with Gasteiger partial charge in [0.05, 0.1) is 5.69 Å². The summed E-state index contributed by atoms with van der Waals surface area (Å²) in [6, 6.07) is 5.84. The maximum absolute atomic E-state index is 13.8. The van der Waals surface area contributed by atoms with Gasteiger partial charge in [0.1, 0.15) is 17.2 Å². The maximum Gasteiger partial charge on any atom is 0.421 e. The molecule has 0 saturated heterocycles. The number of alkyl halides is 3. The Balaban J connectivity index is 1.97. The van der Waals surface area contributed by atoms with Crippen LogP contribution in [0, 0.1) is 19.7 Å². The highest BCUT2D eigenvalue weighted by atomic mass is 19.4. The summed E-state index contributed by atoms with van der Waals surface area (Å²) in [7, 11) is 0. The van der Waals surface area contributed by atoms with E-state index in [4.69, 9.17) is 0 Å². The topological polar surface area (TPSA) is 78.5 Å². The van der Waals surface area contributed by atoms with Crippen molar-refractivity contribution in [2.24, 2.45) is 0 Å². The molecule has 0 aliphatic carbocycles. The fourth-order valence-electron chi connectivity index (χ4n) is 2.20. The molecule has 6 nitrogen and oxygen atoms in total. The molecule has 0 bridgehead atoms. The molecule has 136 valence electrons. The number of aryl methyl sites for hydroxylation is 2. The average Bonchev–Trinajstić information content (AvgIpc) is 2.95. The van der Waals surface area contributed by atoms with Gasteiger partial charge in [0.2, 0.25) is 5.95 Å². The van der Waals surface area contributed by atoms with E-state index >= 15 is 0 Å². The van der Waals surface area contributed by atoms with Crippen LogP contribution < -0.4 is 10.6 Å². The summed E-state index contributed by atoms with van der Waals surface area (Å²) in [5, 5.41) is 11.5. The van der Waals surface area contributed by atoms with Crippen LogP contribution >= 0.6 is 0 Å². The molecular formula is C16H14F4N6. The number of benzene rings is 1. The van der Waals surface area contributed by atoms with E-state index in [0.717, 1.165) is 5.56 Å². The molecule has 3 aromatic rings. The van der Waals surface area contributed by atoms with Crippen molar-refractivity contribution in [1.82, 2.24) is 20.2 Å². The van der Waals surface area contributed by atoms with Crippen LogP contribution in [0.3, 0.4) is 0 Å². The average molecular weight is 366 g/mol. The number of H-pyrrole nitrogens is 1. The summed E-state index contributed by atoms with van der Waals surface area (Å²) < 4.78 is 53.5. The van der Waals surface area contributed by atoms with Crippen molar-refractivity contribution >= 4 is 23.3 Å². The van der Waals surface area contributed by atoms with Gasteiger partial charge in [-0.1, -0.05) is 6.07 Å². The van der Waals surface area contributed by atoms with Gasteiger partial charge in [0.15, 0.2) is 5.82 Å². The van der Waals surface area contributed by atoms with Gasteiger partial charge < -0.3 is 10.6 Å². The van der Waals surface area contributed by atoms with Crippen LogP contribution in [0.5, 0.6) is 0 Å². The van der Waals surface area contributed by atoms with Crippen LogP contribution in [0.2, 0.25) is 0 Å². The number of hydrogen-bond donors (Lipinski definition) is 3. The van der Waals surface area contributed by atoms with E-state index in [2.05, 4.69) is 30.8 Å². The molecule has 0 saturated carbocycles. The van der Waals surface area contributed by atoms with Gasteiger partial charge in [0, 0.05) is 18.0 Å². The Hall–Kier alpha value is -3.17. The van der Waals surface area contributed by atoms with Crippen molar-refractivity contribution in [3.8, 4) is 0 Å². The molecule has 0 unspecified atom stereocenters. The first-order chi connectivity index (χ1) is 12.2. The maximum atomic E-state index is 13.8. The van der Waals surface area contributed by atoms with Crippen molar-refractivity contribution in [3.63, 3.8) is 0 Å². The summed E-state index contributed by atoms with van der Waals surface area (Å²) in [4.78, 5) is 7.48. The molecule has 0 spiro atoms. The molecule has 2 heterocycles. The quantitative estimate of drug-likeness (QED) is 0.594. The van der Waals surface area contributed by atoms with Crippen LogP contribution in [0.1, 0.15) is 16.8 Å². The minimum Gasteiger partial charge on any atom is -0.323 e. The summed E-state index contributed by atoms with van der Waals surface area (Å²) in [5.74, 6) is -1.08. The van der Waals surface area contributed by atoms with Crippen molar-refractivity contribution in [2.75, 3.05) is 10.6 Å². The second-order valence-electron chi connectivity index (χ2n) is 5.62. The fourth-order valence-corrected chi connectivity index (χ4v) is 2.20. The number of aromatic nitrogens is 4. The largest absolute Gasteiger partial charge is 0.421 e. The molecule has 10 heteroatoms. The third-order valence-electron chi connectivity index (χ3n) is 3.41. The predicted molar refractivity (Wildman–Crippen MR) is 88.1 cm³/mol. The minimum absolute atomic E-state index is 0.0614. The Bertz CT molecular complexity index is 935. The molecule has 0 fully saturated rings. The highest BCUT2D eigenvalue weighted by Gasteiger charge is 2.35. The molecule has 3 N–H and O–H groups in total. The predicted octanol–water partition coefficient (Wildman–Crippen LogP) is 4.46. The molecule has 0 amide bonds. The lowest BCUT2D eigenvalue weighted by Crippen LogP contribution is -2.13. The highest BCUT2D eigenvalue weighted by molar-refractivity contribution is 5.61. The Labute approximate surface area is 145 Å². The van der Waals surface area contributed by atoms with E-state index in [1.807, 2.05) is 0 Å². The van der Waals surface area contributed by atoms with Gasteiger partial charge in [-0.25, -0.2) is 9.37 Å². The van der Waals surface area contributed by atoms with Crippen molar-refractivity contribution in [1.29, 1.82) is 0 Å². The molecule has 0 atom stereocenters. The van der Waals surface area contributed by atoms with Gasteiger partial charge in [0.25, 0.3) is 0 Å². The van der Waals surface area contributed by atoms with E-state index in [9.17, 15) is 17.6 Å². The standard InChI is InChI=1S/C16H14F4N6/c1-8-3-4-11(17)12(5-8)22-15-21-7-10(16(18,19)20)14(24-15)23-13-6-9(2)25-26-13/h3-7H,1-2H3,(H3,21,22,23,24,25,26). The number of aromatic amines is 1. The lowest BCUT2D eigenvalue weighted by Gasteiger charge is -2.14. The van der Waals surface area contributed by atoms with E-state index in [1.165, 1.54) is 18.2 Å². The first-order valence-corrected chi connectivity index (χ1v) is 7.49. The highest BCUT2D eigenvalue weighted by Crippen LogP contribution is 2.35. The Morgan fingerprint density at radius 2 is 1.85 bits per heavy atom. The first-order valence-electron chi connectivity index (χ1n) is 7.49. The smallest absolute Gasteiger partial charge is 0.323 e. The van der Waals surface area contributed by atoms with Gasteiger partial charge >= 0.3 is 6.18 Å². The first kappa shape index (κ1) is 17.6. The summed E-state index contributed by atoms with van der Waals surface area (Å²) in [6.45, 7) is 3.46. The van der Waals surface area contributed by atoms with E-state index in [-0.39, 0.29) is 17.5 Å². The Morgan fingerprint density at radius 3 is 2.50 bits per heavy atom. The summed E-state index contributed by atoms with van der Waals surface area (Å²) in [5.41, 5.74) is 0.432. The molecular weight excluding hydrogens is 352 g/mol. The molecule has 3 rings (SSSR count). The normalized spacial score (nSPS) is 11.5. The second-order valence-corrected chi connectivity index (χ2v) is 5.62.